The Labute approximate surface area is 112 Å². The quantitative estimate of drug-likeness (QED) is 0.686. The van der Waals surface area contributed by atoms with Gasteiger partial charge in [0.15, 0.2) is 18.0 Å². The number of aromatic nitrogens is 2. The summed E-state index contributed by atoms with van der Waals surface area (Å²) < 4.78 is 34.2. The minimum absolute atomic E-state index is 0.119. The van der Waals surface area contributed by atoms with Gasteiger partial charge >= 0.3 is 0 Å². The number of nitrogens with zero attached hydrogens (tertiary/aromatic N) is 2. The highest BCUT2D eigenvalue weighted by Crippen LogP contribution is 2.47. The van der Waals surface area contributed by atoms with Crippen molar-refractivity contribution in [3.8, 4) is 0 Å². The Morgan fingerprint density at radius 3 is 2.74 bits per heavy atom. The molecule has 1 aromatic heterocycles. The number of halogens is 2. The summed E-state index contributed by atoms with van der Waals surface area (Å²) in [7, 11) is 0. The highest BCUT2D eigenvalue weighted by atomic mass is 32.1. The van der Waals surface area contributed by atoms with Crippen molar-refractivity contribution in [3.63, 3.8) is 0 Å². The van der Waals surface area contributed by atoms with Gasteiger partial charge in [0, 0.05) is 6.20 Å². The molecule has 1 aromatic rings. The van der Waals surface area contributed by atoms with Gasteiger partial charge in [-0.25, -0.2) is 13.8 Å². The minimum atomic E-state index is -2.90. The van der Waals surface area contributed by atoms with Crippen LogP contribution in [0, 0.1) is 4.77 Å². The predicted octanol–water partition coefficient (Wildman–Crippen LogP) is 0.471. The van der Waals surface area contributed by atoms with E-state index in [1.54, 1.807) is 0 Å². The molecular formula is C10H13F2N3O3S. The first kappa shape index (κ1) is 14.3. The van der Waals surface area contributed by atoms with Crippen molar-refractivity contribution in [1.82, 2.24) is 9.55 Å². The summed E-state index contributed by atoms with van der Waals surface area (Å²) in [6.45, 7) is -0.225. The van der Waals surface area contributed by atoms with E-state index in [-0.39, 0.29) is 10.6 Å². The average Bonchev–Trinajstić information content (AvgIpc) is 2.51. The van der Waals surface area contributed by atoms with Crippen LogP contribution in [0.3, 0.4) is 0 Å². The van der Waals surface area contributed by atoms with Gasteiger partial charge in [-0.1, -0.05) is 0 Å². The number of hydrogen-bond donors (Lipinski definition) is 3. The fourth-order valence-corrected chi connectivity index (χ4v) is 2.24. The number of aliphatic hydroxyl groups excluding tert-OH is 2. The molecule has 106 valence electrons. The van der Waals surface area contributed by atoms with Crippen molar-refractivity contribution < 1.29 is 23.7 Å². The van der Waals surface area contributed by atoms with Gasteiger partial charge in [0.1, 0.15) is 12.4 Å². The summed E-state index contributed by atoms with van der Waals surface area (Å²) in [6, 6.07) is 1.33. The fraction of sp³-hybridized carbons (Fsp3) is 0.600. The molecule has 0 aromatic carbocycles. The molecule has 0 aliphatic carbocycles. The van der Waals surface area contributed by atoms with E-state index in [0.717, 1.165) is 11.5 Å². The summed E-state index contributed by atoms with van der Waals surface area (Å²) >= 11 is 4.89. The highest BCUT2D eigenvalue weighted by Gasteiger charge is 2.64. The van der Waals surface area contributed by atoms with Crippen LogP contribution in [0.15, 0.2) is 12.3 Å². The Morgan fingerprint density at radius 1 is 1.63 bits per heavy atom. The zero-order valence-corrected chi connectivity index (χ0v) is 10.8. The van der Waals surface area contributed by atoms with Crippen molar-refractivity contribution in [1.29, 1.82) is 0 Å². The molecule has 0 saturated carbocycles. The second kappa shape index (κ2) is 4.44. The first-order valence-electron chi connectivity index (χ1n) is 5.41. The predicted molar refractivity (Wildman–Crippen MR) is 64.0 cm³/mol. The van der Waals surface area contributed by atoms with Gasteiger partial charge in [0.25, 0.3) is 5.85 Å². The van der Waals surface area contributed by atoms with Crippen LogP contribution in [0.5, 0.6) is 0 Å². The smallest absolute Gasteiger partial charge is 0.263 e. The maximum absolute atomic E-state index is 14.5. The molecule has 1 fully saturated rings. The summed E-state index contributed by atoms with van der Waals surface area (Å²) in [5.74, 6) is -2.78. The minimum Gasteiger partial charge on any atom is -0.390 e. The lowest BCUT2D eigenvalue weighted by Crippen LogP contribution is -2.46. The Morgan fingerprint density at radius 2 is 2.26 bits per heavy atom. The molecule has 4 atom stereocenters. The molecular weight excluding hydrogens is 280 g/mol. The van der Waals surface area contributed by atoms with Crippen molar-refractivity contribution in [3.05, 3.63) is 17.0 Å². The molecule has 19 heavy (non-hydrogen) atoms. The number of ether oxygens (including phenoxy) is 1. The molecule has 1 aliphatic heterocycles. The van der Waals surface area contributed by atoms with Crippen molar-refractivity contribution in [2.24, 2.45) is 0 Å². The molecule has 2 rings (SSSR count). The lowest BCUT2D eigenvalue weighted by molar-refractivity contribution is -0.207. The van der Waals surface area contributed by atoms with Gasteiger partial charge in [-0.3, -0.25) is 4.57 Å². The van der Waals surface area contributed by atoms with Gasteiger partial charge in [0.05, 0.1) is 0 Å². The molecule has 0 bridgehead atoms. The molecule has 0 amide bonds. The van der Waals surface area contributed by atoms with E-state index < -0.39 is 30.5 Å². The van der Waals surface area contributed by atoms with E-state index in [0.29, 0.717) is 0 Å². The molecule has 4 N–H and O–H groups in total. The van der Waals surface area contributed by atoms with Crippen LogP contribution in [0.4, 0.5) is 14.6 Å². The number of nitrogen functional groups attached to an aromatic ring is 1. The monoisotopic (exact) mass is 293 g/mol. The largest absolute Gasteiger partial charge is 0.390 e. The molecule has 1 aliphatic rings. The van der Waals surface area contributed by atoms with Crippen LogP contribution in [-0.4, -0.2) is 44.0 Å². The van der Waals surface area contributed by atoms with Gasteiger partial charge in [-0.15, -0.1) is 0 Å². The molecule has 0 spiro atoms. The van der Waals surface area contributed by atoms with Crippen LogP contribution in [0.25, 0.3) is 0 Å². The van der Waals surface area contributed by atoms with Crippen LogP contribution in [0.2, 0.25) is 0 Å². The molecule has 9 heteroatoms. The topological polar surface area (TPSA) is 93.5 Å². The number of hydrogen-bond acceptors (Lipinski definition) is 6. The third-order valence-electron chi connectivity index (χ3n) is 3.05. The van der Waals surface area contributed by atoms with Crippen molar-refractivity contribution in [2.45, 2.75) is 30.8 Å². The first-order valence-corrected chi connectivity index (χ1v) is 5.82. The van der Waals surface area contributed by atoms with E-state index >= 15 is 0 Å². The summed E-state index contributed by atoms with van der Waals surface area (Å²) in [5, 5.41) is 18.5. The summed E-state index contributed by atoms with van der Waals surface area (Å²) in [6.07, 6.45) is -2.43. The number of nitrogens with two attached hydrogens (primary N) is 1. The Kier molecular flexibility index (Phi) is 3.33. The van der Waals surface area contributed by atoms with Crippen LogP contribution >= 0.6 is 12.2 Å². The van der Waals surface area contributed by atoms with E-state index in [4.69, 9.17) is 27.8 Å². The standard InChI is InChI=1S/C10H13F2N3O3S/c1-9(11)6(17)10(12,4-16)18-7(9)15-3-2-5(13)14-8(15)19/h2-3,6-7,16-17H,4H2,1H3,(H2,13,14,19)/t6-,7-,9?,10-/m1/s1. The summed E-state index contributed by atoms with van der Waals surface area (Å²) in [5.41, 5.74) is 2.92. The molecule has 2 heterocycles. The van der Waals surface area contributed by atoms with E-state index in [1.807, 2.05) is 0 Å². The lowest BCUT2D eigenvalue weighted by atomic mass is 9.97. The van der Waals surface area contributed by atoms with Gasteiger partial charge in [-0.2, -0.15) is 0 Å². The van der Waals surface area contributed by atoms with Crippen LogP contribution in [0.1, 0.15) is 13.2 Å². The second-order valence-electron chi connectivity index (χ2n) is 4.51. The average molecular weight is 293 g/mol. The Balaban J connectivity index is 2.48. The molecule has 1 unspecified atom stereocenters. The van der Waals surface area contributed by atoms with Gasteiger partial charge in [-0.05, 0) is 25.2 Å². The normalized spacial score (nSPS) is 38.6. The number of anilines is 1. The highest BCUT2D eigenvalue weighted by molar-refractivity contribution is 7.71. The van der Waals surface area contributed by atoms with E-state index in [1.165, 1.54) is 12.3 Å². The van der Waals surface area contributed by atoms with Gasteiger partial charge in [0.2, 0.25) is 4.77 Å². The van der Waals surface area contributed by atoms with Crippen LogP contribution in [-0.2, 0) is 4.74 Å². The van der Waals surface area contributed by atoms with Crippen molar-refractivity contribution >= 4 is 18.0 Å². The Bertz CT molecular complexity index is 553. The number of aliphatic hydroxyl groups is 2. The number of alkyl halides is 2. The zero-order valence-electron chi connectivity index (χ0n) is 9.96. The SMILES string of the molecule is CC1(F)[C@@H](O)[C@@](F)(CO)O[C@H]1n1ccc(N)nc1=S. The molecule has 6 nitrogen and oxygen atoms in total. The van der Waals surface area contributed by atoms with Crippen LogP contribution < -0.4 is 5.73 Å². The maximum Gasteiger partial charge on any atom is 0.263 e. The van der Waals surface area contributed by atoms with E-state index in [9.17, 15) is 13.9 Å². The number of rotatable bonds is 2. The van der Waals surface area contributed by atoms with Crippen molar-refractivity contribution in [2.75, 3.05) is 12.3 Å². The zero-order chi connectivity index (χ0) is 14.4. The third kappa shape index (κ3) is 2.12. The molecule has 0 radical (unpaired) electrons. The lowest BCUT2D eigenvalue weighted by Gasteiger charge is -2.25. The fourth-order valence-electron chi connectivity index (χ4n) is 1.98. The van der Waals surface area contributed by atoms with Gasteiger partial charge < -0.3 is 20.7 Å². The van der Waals surface area contributed by atoms with E-state index in [2.05, 4.69) is 4.98 Å². The first-order chi connectivity index (χ1) is 8.72. The summed E-state index contributed by atoms with van der Waals surface area (Å²) in [4.78, 5) is 3.72. The Hall–Kier alpha value is -1.16. The molecule has 1 saturated heterocycles. The third-order valence-corrected chi connectivity index (χ3v) is 3.36. The second-order valence-corrected chi connectivity index (χ2v) is 4.88. The maximum atomic E-state index is 14.5.